The van der Waals surface area contributed by atoms with Crippen molar-refractivity contribution in [1.82, 2.24) is 26.6 Å². The summed E-state index contributed by atoms with van der Waals surface area (Å²) in [6.07, 6.45) is -10.9. The Hall–Kier alpha value is -17.9. The summed E-state index contributed by atoms with van der Waals surface area (Å²) in [6, 6.07) is 57.8. The van der Waals surface area contributed by atoms with Gasteiger partial charge in [0.15, 0.2) is 29.0 Å². The molecule has 37 nitrogen and oxygen atoms in total. The number of benzene rings is 13. The maximum atomic E-state index is 17.1. The number of ether oxygens (including phenoxy) is 16. The van der Waals surface area contributed by atoms with Gasteiger partial charge in [0.05, 0.1) is 29.8 Å². The fourth-order valence-corrected chi connectivity index (χ4v) is 15.9. The van der Waals surface area contributed by atoms with Crippen molar-refractivity contribution in [2.45, 2.75) is 94.5 Å². The predicted octanol–water partition coefficient (Wildman–Crippen LogP) is 17.0. The third-order valence-electron chi connectivity index (χ3n) is 22.6. The van der Waals surface area contributed by atoms with Gasteiger partial charge in [-0.25, -0.2) is 33.6 Å². The number of esters is 1. The lowest BCUT2D eigenvalue weighted by Gasteiger charge is -2.31. The number of methoxy groups -OCH3 is 1. The third kappa shape index (κ3) is 25.9. The fraction of sp³-hybridized carbons (Fsp3) is 0.159. The van der Waals surface area contributed by atoms with Gasteiger partial charge in [0, 0.05) is 28.8 Å². The zero-order valence-electron chi connectivity index (χ0n) is 76.8. The smallest absolute Gasteiger partial charge is 0.467 e. The summed E-state index contributed by atoms with van der Waals surface area (Å²) in [5.74, 6) is -14.3. The molecule has 0 unspecified atom stereocenters. The number of fused-ring (bicyclic) bond motifs is 15. The molecular formula is C107H87Cl2N7O30. The number of hydrogen-bond donors (Lipinski definition) is 9. The van der Waals surface area contributed by atoms with E-state index in [0.29, 0.717) is 38.9 Å². The number of halogens is 2. The minimum Gasteiger partial charge on any atom is -0.467 e. The highest BCUT2D eigenvalue weighted by molar-refractivity contribution is 6.32. The van der Waals surface area contributed by atoms with Crippen LogP contribution in [0.3, 0.4) is 0 Å². The van der Waals surface area contributed by atoms with Gasteiger partial charge in [-0.3, -0.25) is 24.0 Å². The quantitative estimate of drug-likeness (QED) is 0.0194. The minimum atomic E-state index is -2.41. The monoisotopic (exact) mass is 2020 g/mol. The van der Waals surface area contributed by atoms with Crippen molar-refractivity contribution < 1.29 is 144 Å². The first-order chi connectivity index (χ1) is 70.7. The molecule has 13 aromatic carbocycles. The number of hydrogen-bond acceptors (Lipinski definition) is 32. The highest BCUT2D eigenvalue weighted by Crippen LogP contribution is 2.50. The van der Waals surface area contributed by atoms with E-state index in [1.807, 2.05) is 0 Å². The van der Waals surface area contributed by atoms with Gasteiger partial charge >= 0.3 is 42.9 Å². The third-order valence-corrected chi connectivity index (χ3v) is 23.2. The lowest BCUT2D eigenvalue weighted by atomic mass is 9.89. The highest BCUT2D eigenvalue weighted by Gasteiger charge is 2.43. The molecule has 5 aliphatic heterocycles. The number of amides is 5. The van der Waals surface area contributed by atoms with E-state index < -0.39 is 238 Å². The zero-order valence-corrected chi connectivity index (χ0v) is 78.3. The molecule has 0 saturated heterocycles. The molecule has 146 heavy (non-hydrogen) atoms. The Balaban J connectivity index is 0.906. The van der Waals surface area contributed by atoms with Crippen LogP contribution in [0.5, 0.6) is 69.0 Å². The number of aliphatic hydroxyl groups is 2. The van der Waals surface area contributed by atoms with Crippen molar-refractivity contribution in [3.63, 3.8) is 0 Å². The average Bonchev–Trinajstić information content (AvgIpc) is 0.754. The Morgan fingerprint density at radius 1 is 0.363 bits per heavy atom. The Kier molecular flexibility index (Phi) is 32.6. The van der Waals surface area contributed by atoms with Crippen LogP contribution in [0.15, 0.2) is 297 Å². The molecule has 5 amide bonds. The summed E-state index contributed by atoms with van der Waals surface area (Å²) in [5.41, 5.74) is 14.0. The average molecular weight is 2020 g/mol. The maximum absolute atomic E-state index is 17.1. The SMILES string of the molecule is COC(=O)[C@H]1NC(=O)[C@H]2NC(=O)[C@H](NC(=O)[C@@H]3NC(=O)[C@@H](N)c4cc(OC(=O)OCc5ccccc5)cc(c4)Oc4cc(ccc4OC(=O)OCc4ccccc4)[C@@H](N)C(=O)N[C@@H](CO)Cc4ccc(c(Cl)c4)Oc4cc3cc(c4OC(=O)OCc3ccccc3)Oc3ccc(cc3Cl)[C@H]2O)c2ccc(OC(=O)OCc3ccccc3)c(c2)-c2c(OC(=O)OCc3ccccc3)cc(OC(=O)OCc3ccccc3)cc21. The van der Waals surface area contributed by atoms with E-state index in [1.54, 1.807) is 182 Å². The Morgan fingerprint density at radius 3 is 1.28 bits per heavy atom. The van der Waals surface area contributed by atoms with Crippen molar-refractivity contribution >= 4 is 95.6 Å². The molecule has 744 valence electrons. The molecule has 0 radical (unpaired) electrons. The summed E-state index contributed by atoms with van der Waals surface area (Å²) in [7, 11) is 0.910. The lowest BCUT2D eigenvalue weighted by Crippen LogP contribution is -2.55. The van der Waals surface area contributed by atoms with Gasteiger partial charge in [0.25, 0.3) is 0 Å². The molecule has 39 heteroatoms. The number of carbonyl (C=O) groups is 12. The molecule has 13 aromatic rings. The second-order valence-corrected chi connectivity index (χ2v) is 33.6. The number of rotatable bonds is 20. The van der Waals surface area contributed by atoms with Crippen LogP contribution in [-0.4, -0.2) is 108 Å². The number of aliphatic hydroxyl groups excluding tert-OH is 2. The molecule has 18 rings (SSSR count). The van der Waals surface area contributed by atoms with E-state index in [2.05, 4.69) is 26.6 Å². The molecule has 8 atom stereocenters. The van der Waals surface area contributed by atoms with Gasteiger partial charge in [-0.1, -0.05) is 229 Å². The van der Waals surface area contributed by atoms with Gasteiger partial charge in [-0.15, -0.1) is 0 Å². The number of nitrogens with one attached hydrogen (secondary N) is 5. The molecule has 15 bridgehead atoms. The molecule has 0 aliphatic carbocycles. The molecule has 5 heterocycles. The molecule has 0 spiro atoms. The topological polar surface area (TPSA) is 505 Å². The van der Waals surface area contributed by atoms with Gasteiger partial charge in [-0.05, 0) is 152 Å². The van der Waals surface area contributed by atoms with E-state index in [0.717, 1.165) is 79.9 Å². The van der Waals surface area contributed by atoms with E-state index in [9.17, 15) is 43.8 Å². The van der Waals surface area contributed by atoms with Crippen LogP contribution in [0.25, 0.3) is 11.1 Å². The van der Waals surface area contributed by atoms with Gasteiger partial charge in [0.2, 0.25) is 35.3 Å². The summed E-state index contributed by atoms with van der Waals surface area (Å²) in [4.78, 5) is 181. The largest absolute Gasteiger partial charge is 0.514 e. The van der Waals surface area contributed by atoms with E-state index in [4.69, 9.17) is 110 Å². The Labute approximate surface area is 840 Å². The normalized spacial score (nSPS) is 16.9. The standard InChI is InChI=1S/C107H87Cl2N7O30/c1-131-101(124)92-76-50-74(140-103(126)133-54-60-22-10-3-11-23-60)51-84(145-106(129)136-57-63-28-16-6-17-29-63)87(76)75-44-67(34-37-79(75)143-104(127)134-55-61-24-12-4-13-25-61)90-98(121)116-93(100(123)115-92)94(118)68-35-38-81(78(109)45-68)142-86-48-70-47-85(95(86)146-107(130)137-58-64-30-18-7-19-31-64)141-80-36-32-65(41-77(80)108)40-71(52-117)112-96(119)88(110)66-33-39-82(144-105(128)135-56-62-26-14-5-15-27-62)83(46-66)138-72-42-69(89(111)97(120)113-91(70)99(122)114-90)43-73(49-72)139-102(125)132-53-59-20-8-2-9-21-59/h2-39,41-51,71,88-94,117-118H,40,52-58,110-111H2,1H3,(H,112,119)(H,113,120)(H,114,122)(H,115,123)(H,116,121)/t71-,88-,89+,90-,91-,92+,93+,94-/m1/s1. The van der Waals surface area contributed by atoms with Crippen molar-refractivity contribution in [1.29, 1.82) is 0 Å². The first-order valence-electron chi connectivity index (χ1n) is 44.8. The van der Waals surface area contributed by atoms with Crippen molar-refractivity contribution in [3.05, 3.63) is 380 Å². The van der Waals surface area contributed by atoms with Crippen molar-refractivity contribution in [2.75, 3.05) is 13.7 Å². The number of carbonyl (C=O) groups excluding carboxylic acids is 12. The summed E-state index contributed by atoms with van der Waals surface area (Å²) in [6.45, 7) is -2.99. The van der Waals surface area contributed by atoms with E-state index in [-0.39, 0.29) is 59.5 Å². The van der Waals surface area contributed by atoms with Crippen LogP contribution in [0, 0.1) is 0 Å². The second-order valence-electron chi connectivity index (χ2n) is 32.8. The minimum absolute atomic E-state index is 0.0115. The van der Waals surface area contributed by atoms with E-state index >= 15 is 24.0 Å². The molecule has 0 fully saturated rings. The maximum Gasteiger partial charge on any atom is 0.514 e. The van der Waals surface area contributed by atoms with Crippen LogP contribution in [0.4, 0.5) is 28.8 Å². The van der Waals surface area contributed by atoms with Crippen molar-refractivity contribution in [2.24, 2.45) is 11.5 Å². The van der Waals surface area contributed by atoms with Gasteiger partial charge in [-0.2, -0.15) is 0 Å². The molecule has 5 aliphatic rings. The molecule has 0 aromatic heterocycles. The van der Waals surface area contributed by atoms with Crippen LogP contribution in [0.1, 0.15) is 109 Å². The summed E-state index contributed by atoms with van der Waals surface area (Å²) >= 11 is 14.5. The highest BCUT2D eigenvalue weighted by atomic mass is 35.5. The molecule has 11 N–H and O–H groups in total. The predicted molar refractivity (Wildman–Crippen MR) is 516 cm³/mol. The Bertz CT molecular complexity index is 7070. The van der Waals surface area contributed by atoms with Crippen LogP contribution in [0.2, 0.25) is 10.0 Å². The number of nitrogens with two attached hydrogens (primary N) is 2. The lowest BCUT2D eigenvalue weighted by molar-refractivity contribution is -0.146. The van der Waals surface area contributed by atoms with E-state index in [1.165, 1.54) is 42.5 Å². The molecular weight excluding hydrogens is 1930 g/mol. The summed E-state index contributed by atoms with van der Waals surface area (Å²) < 4.78 is 94.7. The van der Waals surface area contributed by atoms with Crippen LogP contribution < -0.4 is 80.7 Å². The first-order valence-corrected chi connectivity index (χ1v) is 45.6. The Morgan fingerprint density at radius 2 is 0.781 bits per heavy atom. The first kappa shape index (κ1) is 101. The van der Waals surface area contributed by atoms with Crippen LogP contribution >= 0.6 is 23.2 Å². The second kappa shape index (κ2) is 47.1. The van der Waals surface area contributed by atoms with Gasteiger partial charge in [0.1, 0.15) is 116 Å². The molecule has 0 saturated carbocycles. The zero-order chi connectivity index (χ0) is 102. The van der Waals surface area contributed by atoms with Gasteiger partial charge < -0.3 is 124 Å². The van der Waals surface area contributed by atoms with Crippen molar-refractivity contribution in [3.8, 4) is 80.1 Å². The van der Waals surface area contributed by atoms with Crippen LogP contribution in [-0.2, 0) is 108 Å². The fourth-order valence-electron chi connectivity index (χ4n) is 15.4. The summed E-state index contributed by atoms with van der Waals surface area (Å²) in [5, 5.41) is 36.5.